The third-order valence-electron chi connectivity index (χ3n) is 5.80. The number of hydrogen-bond acceptors (Lipinski definition) is 6. The second-order valence-corrected chi connectivity index (χ2v) is 8.62. The molecule has 5 aromatic rings. The van der Waals surface area contributed by atoms with Gasteiger partial charge in [0.15, 0.2) is 0 Å². The highest BCUT2D eigenvalue weighted by Gasteiger charge is 2.19. The van der Waals surface area contributed by atoms with Gasteiger partial charge >= 0.3 is 0 Å². The highest BCUT2D eigenvalue weighted by molar-refractivity contribution is 5.92. The second kappa shape index (κ2) is 9.18. The molecule has 0 saturated carbocycles. The Hall–Kier alpha value is -4.66. The summed E-state index contributed by atoms with van der Waals surface area (Å²) in [5, 5.41) is 7.02. The van der Waals surface area contributed by atoms with Gasteiger partial charge in [-0.15, -0.1) is 0 Å². The minimum absolute atomic E-state index is 0.0350. The molecule has 8 nitrogen and oxygen atoms in total. The van der Waals surface area contributed by atoms with Crippen molar-refractivity contribution in [2.24, 2.45) is 0 Å². The fourth-order valence-electron chi connectivity index (χ4n) is 3.81. The van der Waals surface area contributed by atoms with Crippen LogP contribution in [0.2, 0.25) is 0 Å². The number of nitrogens with one attached hydrogen (secondary N) is 1. The Morgan fingerprint density at radius 1 is 1.03 bits per heavy atom. The first-order chi connectivity index (χ1) is 17.3. The van der Waals surface area contributed by atoms with Crippen molar-refractivity contribution in [3.63, 3.8) is 0 Å². The van der Waals surface area contributed by atoms with Crippen LogP contribution >= 0.6 is 0 Å². The van der Waals surface area contributed by atoms with Crippen LogP contribution in [0, 0.1) is 26.6 Å². The number of benzene rings is 2. The number of carbonyl (C=O) groups excluding carboxylic acids is 1. The van der Waals surface area contributed by atoms with Gasteiger partial charge in [0.2, 0.25) is 17.2 Å². The molecule has 1 amide bonds. The normalized spacial score (nSPS) is 11.1. The van der Waals surface area contributed by atoms with Gasteiger partial charge in [-0.05, 0) is 50.6 Å². The first kappa shape index (κ1) is 23.1. The molecule has 0 spiro atoms. The molecule has 2 aromatic carbocycles. The molecule has 36 heavy (non-hydrogen) atoms. The molecular formula is C27H22FN5O3. The summed E-state index contributed by atoms with van der Waals surface area (Å²) in [6, 6.07) is 15.4. The predicted molar refractivity (Wildman–Crippen MR) is 134 cm³/mol. The number of hydrogen-bond donors (Lipinski definition) is 1. The lowest BCUT2D eigenvalue weighted by Gasteiger charge is -2.13. The molecule has 0 aliphatic heterocycles. The van der Waals surface area contributed by atoms with Crippen molar-refractivity contribution >= 4 is 22.6 Å². The average molecular weight is 484 g/mol. The Balaban J connectivity index is 1.54. The zero-order valence-electron chi connectivity index (χ0n) is 19.9. The average Bonchev–Trinajstić information content (AvgIpc) is 3.33. The molecule has 0 atom stereocenters. The van der Waals surface area contributed by atoms with Gasteiger partial charge in [-0.1, -0.05) is 41.1 Å². The molecule has 5 rings (SSSR count). The Morgan fingerprint density at radius 3 is 2.56 bits per heavy atom. The first-order valence-corrected chi connectivity index (χ1v) is 11.3. The minimum atomic E-state index is -0.415. The predicted octanol–water partition coefficient (Wildman–Crippen LogP) is 4.82. The minimum Gasteiger partial charge on any atom is -0.333 e. The second-order valence-electron chi connectivity index (χ2n) is 8.62. The fraction of sp³-hybridized carbons (Fsp3) is 0.148. The zero-order valence-corrected chi connectivity index (χ0v) is 19.9. The van der Waals surface area contributed by atoms with E-state index in [2.05, 4.69) is 20.4 Å². The van der Waals surface area contributed by atoms with Gasteiger partial charge in [0.1, 0.15) is 23.6 Å². The molecule has 0 unspecified atom stereocenters. The van der Waals surface area contributed by atoms with Crippen molar-refractivity contribution in [3.8, 4) is 22.8 Å². The lowest BCUT2D eigenvalue weighted by Crippen LogP contribution is -2.22. The van der Waals surface area contributed by atoms with Crippen LogP contribution in [0.5, 0.6) is 0 Å². The summed E-state index contributed by atoms with van der Waals surface area (Å²) in [5.74, 6) is -0.449. The van der Waals surface area contributed by atoms with E-state index in [1.54, 1.807) is 42.7 Å². The number of pyridine rings is 2. The van der Waals surface area contributed by atoms with E-state index >= 15 is 0 Å². The van der Waals surface area contributed by atoms with Crippen molar-refractivity contribution in [2.75, 3.05) is 5.32 Å². The van der Waals surface area contributed by atoms with Crippen LogP contribution in [0.1, 0.15) is 16.8 Å². The monoisotopic (exact) mass is 483 g/mol. The molecule has 3 aromatic heterocycles. The Labute approximate surface area is 205 Å². The van der Waals surface area contributed by atoms with Gasteiger partial charge in [-0.25, -0.2) is 9.37 Å². The summed E-state index contributed by atoms with van der Waals surface area (Å²) in [7, 11) is 0. The third kappa shape index (κ3) is 4.50. The molecule has 0 radical (unpaired) electrons. The van der Waals surface area contributed by atoms with E-state index in [4.69, 9.17) is 4.52 Å². The molecule has 0 aliphatic carbocycles. The summed E-state index contributed by atoms with van der Waals surface area (Å²) < 4.78 is 20.9. The number of halogens is 1. The number of carbonyl (C=O) groups is 1. The topological polar surface area (TPSA) is 103 Å². The largest absolute Gasteiger partial charge is 0.333 e. The summed E-state index contributed by atoms with van der Waals surface area (Å²) in [6.45, 7) is 5.24. The number of rotatable bonds is 5. The van der Waals surface area contributed by atoms with Crippen LogP contribution in [0.4, 0.5) is 10.1 Å². The smallest absolute Gasteiger partial charge is 0.263 e. The van der Waals surface area contributed by atoms with Gasteiger partial charge in [-0.2, -0.15) is 4.98 Å². The summed E-state index contributed by atoms with van der Waals surface area (Å²) in [4.78, 5) is 35.0. The van der Waals surface area contributed by atoms with Crippen molar-refractivity contribution in [1.29, 1.82) is 0 Å². The highest BCUT2D eigenvalue weighted by atomic mass is 19.1. The standard InChI is InChI=1S/C27H22FN5O3/c1-15-4-8-18(9-5-15)25-31-27(36-32-25)21-13-33(26-20(24(21)35)11-7-17(3)29-26)14-23(34)30-19-10-6-16(2)22(28)12-19/h4-13H,14H2,1-3H3,(H,30,34). The summed E-state index contributed by atoms with van der Waals surface area (Å²) in [6.07, 6.45) is 1.48. The van der Waals surface area contributed by atoms with E-state index in [-0.39, 0.29) is 23.4 Å². The molecule has 0 aliphatic rings. The van der Waals surface area contributed by atoms with Crippen LogP contribution in [0.25, 0.3) is 33.9 Å². The van der Waals surface area contributed by atoms with Crippen molar-refractivity contribution < 1.29 is 13.7 Å². The number of amides is 1. The molecule has 0 bridgehead atoms. The number of anilines is 1. The maximum atomic E-state index is 13.9. The number of aromatic nitrogens is 4. The first-order valence-electron chi connectivity index (χ1n) is 11.3. The molecule has 3 heterocycles. The maximum absolute atomic E-state index is 13.9. The fourth-order valence-corrected chi connectivity index (χ4v) is 3.81. The van der Waals surface area contributed by atoms with Crippen LogP contribution in [0.15, 0.2) is 70.1 Å². The Kier molecular flexibility index (Phi) is 5.89. The van der Waals surface area contributed by atoms with E-state index in [0.29, 0.717) is 33.8 Å². The SMILES string of the molecule is Cc1ccc(-c2noc(-c3cn(CC(=O)Nc4ccc(C)c(F)c4)c4nc(C)ccc4c3=O)n2)cc1. The van der Waals surface area contributed by atoms with E-state index in [0.717, 1.165) is 11.1 Å². The molecule has 1 N–H and O–H groups in total. The maximum Gasteiger partial charge on any atom is 0.263 e. The summed E-state index contributed by atoms with van der Waals surface area (Å²) >= 11 is 0. The van der Waals surface area contributed by atoms with E-state index in [1.165, 1.54) is 12.3 Å². The Bertz CT molecular complexity index is 1670. The molecule has 9 heteroatoms. The molecular weight excluding hydrogens is 461 g/mol. The quantitative estimate of drug-likeness (QED) is 0.385. The lowest BCUT2D eigenvalue weighted by atomic mass is 10.1. The third-order valence-corrected chi connectivity index (χ3v) is 5.80. The lowest BCUT2D eigenvalue weighted by molar-refractivity contribution is -0.116. The van der Waals surface area contributed by atoms with Crippen molar-refractivity contribution in [2.45, 2.75) is 27.3 Å². The summed E-state index contributed by atoms with van der Waals surface area (Å²) in [5.41, 5.74) is 3.48. The number of fused-ring (bicyclic) bond motifs is 1. The molecule has 0 fully saturated rings. The molecule has 0 saturated heterocycles. The van der Waals surface area contributed by atoms with Crippen LogP contribution < -0.4 is 10.7 Å². The number of aryl methyl sites for hydroxylation is 3. The van der Waals surface area contributed by atoms with Gasteiger partial charge < -0.3 is 14.4 Å². The van der Waals surface area contributed by atoms with Gasteiger partial charge in [0.25, 0.3) is 5.89 Å². The zero-order chi connectivity index (χ0) is 25.4. The van der Waals surface area contributed by atoms with Crippen LogP contribution in [-0.2, 0) is 11.3 Å². The van der Waals surface area contributed by atoms with E-state index < -0.39 is 11.7 Å². The van der Waals surface area contributed by atoms with Crippen LogP contribution in [0.3, 0.4) is 0 Å². The molecule has 180 valence electrons. The van der Waals surface area contributed by atoms with Gasteiger partial charge in [0.05, 0.1) is 5.39 Å². The van der Waals surface area contributed by atoms with Crippen molar-refractivity contribution in [3.05, 3.63) is 93.7 Å². The van der Waals surface area contributed by atoms with Gasteiger partial charge in [-0.3, -0.25) is 9.59 Å². The van der Waals surface area contributed by atoms with E-state index in [9.17, 15) is 14.0 Å². The highest BCUT2D eigenvalue weighted by Crippen LogP contribution is 2.23. The van der Waals surface area contributed by atoms with Gasteiger partial charge in [0, 0.05) is 23.1 Å². The van der Waals surface area contributed by atoms with E-state index in [1.807, 2.05) is 31.2 Å². The van der Waals surface area contributed by atoms with Crippen molar-refractivity contribution in [1.82, 2.24) is 19.7 Å². The Morgan fingerprint density at radius 2 is 1.81 bits per heavy atom. The number of nitrogens with zero attached hydrogens (tertiary/aromatic N) is 4. The van der Waals surface area contributed by atoms with Crippen LogP contribution in [-0.4, -0.2) is 25.6 Å².